The lowest BCUT2D eigenvalue weighted by atomic mass is 10.00. The van der Waals surface area contributed by atoms with Crippen molar-refractivity contribution in [1.29, 1.82) is 0 Å². The second-order valence-corrected chi connectivity index (χ2v) is 5.61. The van der Waals surface area contributed by atoms with E-state index >= 15 is 0 Å². The molecule has 0 aromatic heterocycles. The second kappa shape index (κ2) is 9.03. The largest absolute Gasteiger partial charge is 0.503 e. The Kier molecular flexibility index (Phi) is 6.76. The first-order valence-corrected chi connectivity index (χ1v) is 8.01. The summed E-state index contributed by atoms with van der Waals surface area (Å²) >= 11 is 0. The van der Waals surface area contributed by atoms with Crippen molar-refractivity contribution in [2.45, 2.75) is 6.18 Å². The first-order valence-electron chi connectivity index (χ1n) is 8.01. The molecule has 0 bridgehead atoms. The Morgan fingerprint density at radius 2 is 1.68 bits per heavy atom. The van der Waals surface area contributed by atoms with Gasteiger partial charge >= 0.3 is 12.1 Å². The number of carboxylic acid groups (broad SMARTS) is 1. The Hall–Kier alpha value is -3.35. The van der Waals surface area contributed by atoms with Crippen molar-refractivity contribution in [3.63, 3.8) is 0 Å². The SMILES string of the molecule is COC=C(C(=O)O)c1ccccc1C=CC=Cc1ccc(F)cc1C(F)(F)F. The van der Waals surface area contributed by atoms with Crippen molar-refractivity contribution >= 4 is 23.7 Å². The number of methoxy groups -OCH3 is 1. The maximum Gasteiger partial charge on any atom is 0.417 e. The van der Waals surface area contributed by atoms with E-state index in [1.54, 1.807) is 30.3 Å². The van der Waals surface area contributed by atoms with Gasteiger partial charge in [-0.05, 0) is 28.8 Å². The molecular weight excluding hydrogens is 376 g/mol. The third-order valence-corrected chi connectivity index (χ3v) is 3.70. The summed E-state index contributed by atoms with van der Waals surface area (Å²) in [7, 11) is 1.32. The summed E-state index contributed by atoms with van der Waals surface area (Å²) in [6, 6.07) is 9.02. The van der Waals surface area contributed by atoms with Crippen LogP contribution in [0.25, 0.3) is 17.7 Å². The summed E-state index contributed by atoms with van der Waals surface area (Å²) in [4.78, 5) is 11.4. The highest BCUT2D eigenvalue weighted by molar-refractivity contribution is 6.16. The van der Waals surface area contributed by atoms with Crippen molar-refractivity contribution in [3.8, 4) is 0 Å². The number of carbonyl (C=O) groups is 1. The summed E-state index contributed by atoms with van der Waals surface area (Å²) in [5.41, 5.74) is -0.400. The minimum Gasteiger partial charge on any atom is -0.503 e. The van der Waals surface area contributed by atoms with Gasteiger partial charge in [0, 0.05) is 0 Å². The standard InChI is InChI=1S/C21H16F4O3/c1-28-13-18(20(26)27)17-9-5-4-7-14(17)6-2-3-8-15-10-11-16(22)12-19(15)21(23,24)25/h2-13H,1H3,(H,26,27). The highest BCUT2D eigenvalue weighted by Gasteiger charge is 2.33. The summed E-state index contributed by atoms with van der Waals surface area (Å²) in [6.45, 7) is 0. The van der Waals surface area contributed by atoms with Crippen molar-refractivity contribution in [1.82, 2.24) is 0 Å². The van der Waals surface area contributed by atoms with Crippen LogP contribution in [0.5, 0.6) is 0 Å². The van der Waals surface area contributed by atoms with Crippen LogP contribution < -0.4 is 0 Å². The Bertz CT molecular complexity index is 941. The number of halogens is 4. The normalized spacial score (nSPS) is 12.7. The number of aliphatic carboxylic acids is 1. The molecule has 1 N–H and O–H groups in total. The van der Waals surface area contributed by atoms with Gasteiger partial charge in [0.15, 0.2) is 0 Å². The average Bonchev–Trinajstić information content (AvgIpc) is 2.63. The van der Waals surface area contributed by atoms with Gasteiger partial charge in [0.1, 0.15) is 11.4 Å². The predicted octanol–water partition coefficient (Wildman–Crippen LogP) is 5.64. The molecule has 0 spiro atoms. The van der Waals surface area contributed by atoms with Gasteiger partial charge in [0.2, 0.25) is 0 Å². The van der Waals surface area contributed by atoms with Gasteiger partial charge in [0.05, 0.1) is 18.9 Å². The number of rotatable bonds is 6. The molecule has 0 atom stereocenters. The molecule has 0 saturated carbocycles. The predicted molar refractivity (Wildman–Crippen MR) is 98.5 cm³/mol. The van der Waals surface area contributed by atoms with E-state index in [0.717, 1.165) is 18.4 Å². The lowest BCUT2D eigenvalue weighted by Gasteiger charge is -2.10. The second-order valence-electron chi connectivity index (χ2n) is 5.61. The van der Waals surface area contributed by atoms with Crippen LogP contribution in [0.15, 0.2) is 60.9 Å². The van der Waals surface area contributed by atoms with Crippen LogP contribution >= 0.6 is 0 Å². The number of hydrogen-bond donors (Lipinski definition) is 1. The highest BCUT2D eigenvalue weighted by Crippen LogP contribution is 2.33. The van der Waals surface area contributed by atoms with Gasteiger partial charge in [-0.15, -0.1) is 0 Å². The maximum atomic E-state index is 13.1. The van der Waals surface area contributed by atoms with Crippen LogP contribution in [0.2, 0.25) is 0 Å². The first-order chi connectivity index (χ1) is 13.2. The zero-order valence-electron chi connectivity index (χ0n) is 14.7. The molecule has 0 amide bonds. The van der Waals surface area contributed by atoms with Crippen molar-refractivity contribution in [2.24, 2.45) is 0 Å². The molecule has 0 saturated heterocycles. The van der Waals surface area contributed by atoms with Crippen molar-refractivity contribution in [3.05, 3.63) is 88.9 Å². The van der Waals surface area contributed by atoms with Gasteiger partial charge in [-0.25, -0.2) is 9.18 Å². The molecule has 0 unspecified atom stereocenters. The van der Waals surface area contributed by atoms with Crippen LogP contribution in [-0.2, 0) is 15.7 Å². The fourth-order valence-electron chi connectivity index (χ4n) is 2.47. The van der Waals surface area contributed by atoms with Crippen molar-refractivity contribution < 1.29 is 32.2 Å². The molecule has 2 rings (SSSR count). The number of hydrogen-bond acceptors (Lipinski definition) is 2. The zero-order valence-corrected chi connectivity index (χ0v) is 14.7. The minimum atomic E-state index is -4.68. The zero-order chi connectivity index (χ0) is 20.7. The number of benzene rings is 2. The third kappa shape index (κ3) is 5.33. The fraction of sp³-hybridized carbons (Fsp3) is 0.0952. The molecule has 2 aromatic carbocycles. The molecule has 0 aliphatic rings. The molecule has 7 heteroatoms. The lowest BCUT2D eigenvalue weighted by molar-refractivity contribution is -0.138. The number of ether oxygens (including phenoxy) is 1. The number of alkyl halides is 3. The van der Waals surface area contributed by atoms with E-state index in [1.165, 1.54) is 25.3 Å². The lowest BCUT2D eigenvalue weighted by Crippen LogP contribution is -2.07. The summed E-state index contributed by atoms with van der Waals surface area (Å²) in [5, 5.41) is 9.31. The smallest absolute Gasteiger partial charge is 0.417 e. The van der Waals surface area contributed by atoms with E-state index in [-0.39, 0.29) is 11.1 Å². The van der Waals surface area contributed by atoms with E-state index in [0.29, 0.717) is 17.2 Å². The summed E-state index contributed by atoms with van der Waals surface area (Å²) in [5.74, 6) is -2.15. The third-order valence-electron chi connectivity index (χ3n) is 3.70. The molecule has 0 radical (unpaired) electrons. The Morgan fingerprint density at radius 3 is 2.29 bits per heavy atom. The summed E-state index contributed by atoms with van der Waals surface area (Å²) < 4.78 is 56.9. The van der Waals surface area contributed by atoms with Gasteiger partial charge in [-0.1, -0.05) is 54.6 Å². The molecule has 2 aromatic rings. The van der Waals surface area contributed by atoms with E-state index < -0.39 is 23.5 Å². The van der Waals surface area contributed by atoms with Gasteiger partial charge < -0.3 is 9.84 Å². The van der Waals surface area contributed by atoms with Crippen LogP contribution in [0.3, 0.4) is 0 Å². The highest BCUT2D eigenvalue weighted by atomic mass is 19.4. The molecule has 3 nitrogen and oxygen atoms in total. The molecule has 0 fully saturated rings. The minimum absolute atomic E-state index is 0.0652. The Morgan fingerprint density at radius 1 is 1.04 bits per heavy atom. The molecular formula is C21H16F4O3. The van der Waals surface area contributed by atoms with Crippen LogP contribution in [0.1, 0.15) is 22.3 Å². The van der Waals surface area contributed by atoms with E-state index in [4.69, 9.17) is 4.74 Å². The molecule has 146 valence electrons. The Labute approximate surface area is 158 Å². The molecule has 0 aliphatic carbocycles. The van der Waals surface area contributed by atoms with E-state index in [9.17, 15) is 27.5 Å². The topological polar surface area (TPSA) is 46.5 Å². The maximum absolute atomic E-state index is 13.1. The average molecular weight is 392 g/mol. The van der Waals surface area contributed by atoms with Gasteiger partial charge in [-0.2, -0.15) is 13.2 Å². The molecule has 0 aliphatic heterocycles. The van der Waals surface area contributed by atoms with Crippen molar-refractivity contribution in [2.75, 3.05) is 7.11 Å². The van der Waals surface area contributed by atoms with Gasteiger partial charge in [0.25, 0.3) is 0 Å². The first kappa shape index (κ1) is 21.0. The van der Waals surface area contributed by atoms with Crippen LogP contribution in [0, 0.1) is 5.82 Å². The number of allylic oxidation sites excluding steroid dienone is 2. The summed E-state index contributed by atoms with van der Waals surface area (Å²) in [6.07, 6.45) is 1.99. The van der Waals surface area contributed by atoms with E-state index in [2.05, 4.69) is 0 Å². The van der Waals surface area contributed by atoms with Crippen LogP contribution in [0.4, 0.5) is 17.6 Å². The monoisotopic (exact) mass is 392 g/mol. The van der Waals surface area contributed by atoms with E-state index in [1.807, 2.05) is 0 Å². The fourth-order valence-corrected chi connectivity index (χ4v) is 2.47. The number of carboxylic acids is 1. The molecule has 28 heavy (non-hydrogen) atoms. The van der Waals surface area contributed by atoms with Crippen LogP contribution in [-0.4, -0.2) is 18.2 Å². The quantitative estimate of drug-likeness (QED) is 0.299. The van der Waals surface area contributed by atoms with Gasteiger partial charge in [-0.3, -0.25) is 0 Å². The molecule has 0 heterocycles. The Balaban J connectivity index is 2.33.